The second kappa shape index (κ2) is 9.36. The Bertz CT molecular complexity index is 887. The first-order chi connectivity index (χ1) is 13.1. The van der Waals surface area contributed by atoms with Crippen LogP contribution in [0.3, 0.4) is 0 Å². The third-order valence-corrected chi connectivity index (χ3v) is 4.57. The molecule has 0 radical (unpaired) electrons. The van der Waals surface area contributed by atoms with E-state index in [0.29, 0.717) is 18.7 Å². The molecule has 3 rings (SSSR count). The van der Waals surface area contributed by atoms with Gasteiger partial charge in [-0.25, -0.2) is 0 Å². The van der Waals surface area contributed by atoms with E-state index in [1.165, 1.54) is 9.83 Å². The van der Waals surface area contributed by atoms with Crippen LogP contribution in [0.2, 0.25) is 0 Å². The van der Waals surface area contributed by atoms with Crippen LogP contribution in [0.25, 0.3) is 11.1 Å². The molecule has 1 amide bonds. The highest BCUT2D eigenvalue weighted by Gasteiger charge is 2.09. The van der Waals surface area contributed by atoms with Gasteiger partial charge in [0.1, 0.15) is 5.75 Å². The summed E-state index contributed by atoms with van der Waals surface area (Å²) in [6.07, 6.45) is 2.15. The molecule has 0 fully saturated rings. The maximum Gasteiger partial charge on any atom is 0.311 e. The Labute approximate surface area is 170 Å². The van der Waals surface area contributed by atoms with Crippen molar-refractivity contribution in [3.8, 4) is 16.9 Å². The molecule has 0 saturated heterocycles. The number of nitrogens with one attached hydrogen (secondary N) is 1. The highest BCUT2D eigenvalue weighted by atomic mass is 127. The monoisotopic (exact) mass is 475 g/mol. The van der Waals surface area contributed by atoms with E-state index >= 15 is 0 Å². The van der Waals surface area contributed by atoms with Gasteiger partial charge in [-0.2, -0.15) is 0 Å². The molecule has 0 aliphatic carbocycles. The molecule has 27 heavy (non-hydrogen) atoms. The summed E-state index contributed by atoms with van der Waals surface area (Å²) >= 11 is 2.27. The third kappa shape index (κ3) is 5.68. The minimum Gasteiger partial charge on any atom is -0.459 e. The quantitative estimate of drug-likeness (QED) is 0.234. The van der Waals surface area contributed by atoms with Crippen LogP contribution in [0.5, 0.6) is 5.75 Å². The predicted molar refractivity (Wildman–Crippen MR) is 111 cm³/mol. The number of halogens is 1. The van der Waals surface area contributed by atoms with Gasteiger partial charge in [-0.15, -0.1) is 0 Å². The second-order valence-corrected chi connectivity index (χ2v) is 7.09. The Kier molecular flexibility index (Phi) is 6.64. The van der Waals surface area contributed by atoms with Crippen LogP contribution in [0.4, 0.5) is 0 Å². The van der Waals surface area contributed by atoms with Gasteiger partial charge in [0.2, 0.25) is 0 Å². The first-order valence-electron chi connectivity index (χ1n) is 8.50. The molecule has 138 valence electrons. The fraction of sp³-hybridized carbons (Fsp3) is 0.143. The van der Waals surface area contributed by atoms with Crippen LogP contribution < -0.4 is 10.1 Å². The summed E-state index contributed by atoms with van der Waals surface area (Å²) in [5.41, 5.74) is 2.17. The van der Waals surface area contributed by atoms with E-state index < -0.39 is 0 Å². The van der Waals surface area contributed by atoms with Gasteiger partial charge in [-0.1, -0.05) is 24.3 Å². The zero-order valence-electron chi connectivity index (χ0n) is 14.5. The van der Waals surface area contributed by atoms with Gasteiger partial charge in [0.05, 0.1) is 6.26 Å². The van der Waals surface area contributed by atoms with Crippen LogP contribution in [-0.4, -0.2) is 18.4 Å². The SMILES string of the molecule is O=C(CCCNC(=O)c1ccco1)Oc1ccc(-c2ccc(I)cc2)cc1. The van der Waals surface area contributed by atoms with E-state index in [1.807, 2.05) is 12.1 Å². The molecule has 0 aliphatic heterocycles. The fourth-order valence-corrected chi connectivity index (χ4v) is 2.83. The number of hydrogen-bond donors (Lipinski definition) is 1. The summed E-state index contributed by atoms with van der Waals surface area (Å²) < 4.78 is 11.5. The topological polar surface area (TPSA) is 68.5 Å². The van der Waals surface area contributed by atoms with Crippen LogP contribution >= 0.6 is 22.6 Å². The molecule has 3 aromatic rings. The molecule has 2 aromatic carbocycles. The van der Waals surface area contributed by atoms with Gasteiger partial charge in [0.15, 0.2) is 5.76 Å². The molecule has 0 bridgehead atoms. The Morgan fingerprint density at radius 1 is 0.963 bits per heavy atom. The maximum absolute atomic E-state index is 11.9. The summed E-state index contributed by atoms with van der Waals surface area (Å²) in [5.74, 6) is 0.142. The summed E-state index contributed by atoms with van der Waals surface area (Å²) in [5, 5.41) is 2.69. The standard InChI is InChI=1S/C21H18INO4/c22-17-9-5-15(6-10-17)16-7-11-18(12-8-16)27-20(24)4-1-13-23-21(25)19-3-2-14-26-19/h2-3,5-12,14H,1,4,13H2,(H,23,25). The van der Waals surface area contributed by atoms with Crippen LogP contribution in [0.1, 0.15) is 23.4 Å². The number of ether oxygens (including phenoxy) is 1. The highest BCUT2D eigenvalue weighted by Crippen LogP contribution is 2.23. The van der Waals surface area contributed by atoms with E-state index in [0.717, 1.165) is 11.1 Å². The Morgan fingerprint density at radius 2 is 1.63 bits per heavy atom. The van der Waals surface area contributed by atoms with Crippen molar-refractivity contribution in [1.29, 1.82) is 0 Å². The molecule has 1 heterocycles. The normalized spacial score (nSPS) is 10.4. The number of hydrogen-bond acceptors (Lipinski definition) is 4. The van der Waals surface area contributed by atoms with E-state index in [9.17, 15) is 9.59 Å². The first-order valence-corrected chi connectivity index (χ1v) is 9.58. The molecule has 6 heteroatoms. The summed E-state index contributed by atoms with van der Waals surface area (Å²) in [4.78, 5) is 23.6. The first kappa shape index (κ1) is 19.2. The summed E-state index contributed by atoms with van der Waals surface area (Å²) in [7, 11) is 0. The van der Waals surface area contributed by atoms with Crippen LogP contribution in [0, 0.1) is 3.57 Å². The van der Waals surface area contributed by atoms with E-state index in [4.69, 9.17) is 9.15 Å². The minimum atomic E-state index is -0.329. The van der Waals surface area contributed by atoms with Crippen LogP contribution in [-0.2, 0) is 4.79 Å². The number of esters is 1. The molecule has 0 unspecified atom stereocenters. The van der Waals surface area contributed by atoms with Crippen molar-refractivity contribution in [1.82, 2.24) is 5.32 Å². The zero-order valence-corrected chi connectivity index (χ0v) is 16.6. The van der Waals surface area contributed by atoms with E-state index in [2.05, 4.69) is 52.2 Å². The molecule has 5 nitrogen and oxygen atoms in total. The number of carbonyl (C=O) groups is 2. The minimum absolute atomic E-state index is 0.220. The molecular formula is C21H18INO4. The van der Waals surface area contributed by atoms with Gasteiger partial charge in [0.25, 0.3) is 5.91 Å². The van der Waals surface area contributed by atoms with Crippen molar-refractivity contribution in [2.24, 2.45) is 0 Å². The lowest BCUT2D eigenvalue weighted by Crippen LogP contribution is -2.24. The number of amides is 1. The number of furan rings is 1. The molecule has 0 spiro atoms. The number of benzene rings is 2. The van der Waals surface area contributed by atoms with Gasteiger partial charge < -0.3 is 14.5 Å². The summed E-state index contributed by atoms with van der Waals surface area (Å²) in [6.45, 7) is 0.375. The van der Waals surface area contributed by atoms with Gasteiger partial charge >= 0.3 is 5.97 Å². The van der Waals surface area contributed by atoms with Crippen molar-refractivity contribution in [3.05, 3.63) is 76.3 Å². The van der Waals surface area contributed by atoms with Gasteiger partial charge in [-0.05, 0) is 76.5 Å². The Hall–Kier alpha value is -2.61. The maximum atomic E-state index is 11.9. The van der Waals surface area contributed by atoms with Crippen molar-refractivity contribution in [3.63, 3.8) is 0 Å². The largest absolute Gasteiger partial charge is 0.459 e. The van der Waals surface area contributed by atoms with Crippen LogP contribution in [0.15, 0.2) is 71.3 Å². The number of carbonyl (C=O) groups excluding carboxylic acids is 2. The molecule has 0 saturated carbocycles. The third-order valence-electron chi connectivity index (χ3n) is 3.85. The average Bonchev–Trinajstić information content (AvgIpc) is 3.21. The lowest BCUT2D eigenvalue weighted by Gasteiger charge is -2.07. The second-order valence-electron chi connectivity index (χ2n) is 5.84. The summed E-state index contributed by atoms with van der Waals surface area (Å²) in [6, 6.07) is 18.9. The van der Waals surface area contributed by atoms with Crippen molar-refractivity contribution in [2.75, 3.05) is 6.54 Å². The molecular weight excluding hydrogens is 457 g/mol. The Morgan fingerprint density at radius 3 is 2.26 bits per heavy atom. The lowest BCUT2D eigenvalue weighted by atomic mass is 10.1. The lowest BCUT2D eigenvalue weighted by molar-refractivity contribution is -0.134. The fourth-order valence-electron chi connectivity index (χ4n) is 2.47. The predicted octanol–water partition coefficient (Wildman–Crippen LogP) is 4.67. The number of rotatable bonds is 7. The average molecular weight is 475 g/mol. The molecule has 1 N–H and O–H groups in total. The van der Waals surface area contributed by atoms with E-state index in [-0.39, 0.29) is 24.1 Å². The zero-order chi connectivity index (χ0) is 19.1. The molecule has 1 aromatic heterocycles. The van der Waals surface area contributed by atoms with Gasteiger partial charge in [-0.3, -0.25) is 9.59 Å². The van der Waals surface area contributed by atoms with Crippen molar-refractivity contribution >= 4 is 34.5 Å². The molecule has 0 aliphatic rings. The smallest absolute Gasteiger partial charge is 0.311 e. The highest BCUT2D eigenvalue weighted by molar-refractivity contribution is 14.1. The van der Waals surface area contributed by atoms with E-state index in [1.54, 1.807) is 24.3 Å². The van der Waals surface area contributed by atoms with Crippen molar-refractivity contribution in [2.45, 2.75) is 12.8 Å². The Balaban J connectivity index is 1.42. The van der Waals surface area contributed by atoms with Gasteiger partial charge in [0, 0.05) is 16.5 Å². The molecule has 0 atom stereocenters. The van der Waals surface area contributed by atoms with Crippen molar-refractivity contribution < 1.29 is 18.7 Å².